The van der Waals surface area contributed by atoms with E-state index in [0.29, 0.717) is 5.56 Å². The molecule has 19 heteroatoms. The molecule has 1 aliphatic rings. The first kappa shape index (κ1) is 45.8. The molecule has 1 aromatic rings. The van der Waals surface area contributed by atoms with Crippen molar-refractivity contribution in [1.82, 2.24) is 16.0 Å². The molecule has 304 valence electrons. The molecule has 0 unspecified atom stereocenters. The van der Waals surface area contributed by atoms with Crippen LogP contribution in [0.2, 0.25) is 0 Å². The van der Waals surface area contributed by atoms with Gasteiger partial charge in [-0.25, -0.2) is 4.79 Å². The molecule has 0 bridgehead atoms. The molecule has 1 aliphatic heterocycles. The zero-order chi connectivity index (χ0) is 40.5. The topological polar surface area (TPSA) is 294 Å². The summed E-state index contributed by atoms with van der Waals surface area (Å²) in [6.07, 6.45) is -7.85. The van der Waals surface area contributed by atoms with Crippen LogP contribution in [-0.2, 0) is 44.8 Å². The molecule has 1 aromatic carbocycles. The third-order valence-corrected chi connectivity index (χ3v) is 8.32. The molecule has 0 saturated carbocycles. The first-order valence-electron chi connectivity index (χ1n) is 17.7. The van der Waals surface area contributed by atoms with Gasteiger partial charge in [0.15, 0.2) is 0 Å². The van der Waals surface area contributed by atoms with E-state index in [4.69, 9.17) is 24.7 Å². The van der Waals surface area contributed by atoms with Gasteiger partial charge in [-0.05, 0) is 36.5 Å². The smallest absolute Gasteiger partial charge is 0.312 e. The van der Waals surface area contributed by atoms with Crippen molar-refractivity contribution >= 4 is 41.2 Å². The number of ketones is 1. The average molecular weight is 770 g/mol. The van der Waals surface area contributed by atoms with Crippen molar-refractivity contribution in [3.63, 3.8) is 0 Å². The molecule has 5 amide bonds. The molecule has 54 heavy (non-hydrogen) atoms. The van der Waals surface area contributed by atoms with Gasteiger partial charge in [0.1, 0.15) is 54.6 Å². The highest BCUT2D eigenvalue weighted by Gasteiger charge is 2.45. The fourth-order valence-electron chi connectivity index (χ4n) is 5.11. The van der Waals surface area contributed by atoms with Crippen LogP contribution in [0.15, 0.2) is 18.2 Å². The second-order valence-corrected chi connectivity index (χ2v) is 13.4. The first-order chi connectivity index (χ1) is 25.4. The van der Waals surface area contributed by atoms with Gasteiger partial charge in [-0.3, -0.25) is 24.0 Å². The predicted octanol–water partition coefficient (Wildman–Crippen LogP) is -1.04. The second-order valence-electron chi connectivity index (χ2n) is 13.4. The number of ether oxygens (including phenoxy) is 4. The minimum Gasteiger partial charge on any atom is -0.461 e. The lowest BCUT2D eigenvalue weighted by Gasteiger charge is -2.39. The van der Waals surface area contributed by atoms with Gasteiger partial charge < -0.3 is 66.4 Å². The molecule has 10 N–H and O–H groups in total. The van der Waals surface area contributed by atoms with Crippen LogP contribution in [-0.4, -0.2) is 125 Å². The van der Waals surface area contributed by atoms with Crippen molar-refractivity contribution in [3.8, 4) is 5.75 Å². The number of carbonyl (C=O) groups is 6. The van der Waals surface area contributed by atoms with Crippen molar-refractivity contribution < 1.29 is 68.1 Å². The van der Waals surface area contributed by atoms with Crippen LogP contribution < -0.4 is 31.7 Å². The Kier molecular flexibility index (Phi) is 19.3. The maximum Gasteiger partial charge on any atom is 0.312 e. The number of urea groups is 1. The maximum absolute atomic E-state index is 13.8. The molecule has 0 radical (unpaired) electrons. The zero-order valence-corrected chi connectivity index (χ0v) is 31.2. The Hall–Kier alpha value is -4.40. The Morgan fingerprint density at radius 1 is 0.926 bits per heavy atom. The summed E-state index contributed by atoms with van der Waals surface area (Å²) in [5, 5.41) is 51.0. The van der Waals surface area contributed by atoms with Crippen molar-refractivity contribution in [2.24, 2.45) is 17.6 Å². The molecule has 2 rings (SSSR count). The van der Waals surface area contributed by atoms with E-state index >= 15 is 0 Å². The van der Waals surface area contributed by atoms with Crippen molar-refractivity contribution in [2.75, 3.05) is 31.7 Å². The molecule has 1 saturated heterocycles. The number of Topliss-reactive ketones (excluding diaryl/α,β-unsaturated/α-hetero) is 1. The third kappa shape index (κ3) is 15.2. The van der Waals surface area contributed by atoms with E-state index < -0.39 is 85.0 Å². The number of primary amides is 1. The van der Waals surface area contributed by atoms with Gasteiger partial charge in [0.2, 0.25) is 24.0 Å². The highest BCUT2D eigenvalue weighted by atomic mass is 16.7. The standard InChI is InChI=1S/C35H55N5O14/c1-18(2)24(43)10-13-51-14-11-27(44)40-28(19(3)4)33(49)39-23(7-6-12-37-35(36)50)32(48)38-22-9-8-21(17-52-20(5)42)15-25(22)53-34-31(47)30(46)29(45)26(16-41)54-34/h8-9,15,18-19,23,26,28-31,34,41,45-47H,6-7,10-14,16-17H2,1-5H3,(H,38,48)(H,39,49)(H,40,44)(H3,36,37,50)/t23-,26+,28-,29+,30-,31+,34+/m0/s1. The lowest BCUT2D eigenvalue weighted by atomic mass is 9.99. The van der Waals surface area contributed by atoms with Gasteiger partial charge in [0.25, 0.3) is 0 Å². The van der Waals surface area contributed by atoms with Crippen LogP contribution in [0.1, 0.15) is 65.9 Å². The second kappa shape index (κ2) is 22.7. The Labute approximate surface area is 313 Å². The van der Waals surface area contributed by atoms with Crippen LogP contribution >= 0.6 is 0 Å². The van der Waals surface area contributed by atoms with Crippen LogP contribution in [0.4, 0.5) is 10.5 Å². The van der Waals surface area contributed by atoms with Gasteiger partial charge in [-0.1, -0.05) is 33.8 Å². The number of carbonyl (C=O) groups excluding carboxylic acids is 6. The molecule has 1 fully saturated rings. The van der Waals surface area contributed by atoms with Gasteiger partial charge in [-0.15, -0.1) is 0 Å². The van der Waals surface area contributed by atoms with E-state index in [0.717, 1.165) is 0 Å². The number of benzene rings is 1. The van der Waals surface area contributed by atoms with Crippen LogP contribution in [0, 0.1) is 11.8 Å². The third-order valence-electron chi connectivity index (χ3n) is 8.32. The Balaban J connectivity index is 2.27. The molecule has 0 aromatic heterocycles. The first-order valence-corrected chi connectivity index (χ1v) is 17.7. The lowest BCUT2D eigenvalue weighted by molar-refractivity contribution is -0.277. The van der Waals surface area contributed by atoms with Gasteiger partial charge in [-0.2, -0.15) is 0 Å². The SMILES string of the molecule is CC(=O)OCc1ccc(NC(=O)[C@H](CCCNC(N)=O)NC(=O)[C@@H](NC(=O)CCOCCC(=O)C(C)C)C(C)C)c(O[C@@H]2O[C@H](CO)[C@@H](O)[C@H](O)[C@H]2O)c1. The summed E-state index contributed by atoms with van der Waals surface area (Å²) in [5.41, 5.74) is 5.53. The van der Waals surface area contributed by atoms with Crippen LogP contribution in [0.3, 0.4) is 0 Å². The minimum atomic E-state index is -1.79. The Bertz CT molecular complexity index is 1420. The van der Waals surface area contributed by atoms with E-state index in [1.54, 1.807) is 27.7 Å². The number of hydrogen-bond donors (Lipinski definition) is 9. The molecular weight excluding hydrogens is 714 g/mol. The average Bonchev–Trinajstić information content (AvgIpc) is 3.11. The van der Waals surface area contributed by atoms with Crippen molar-refractivity contribution in [3.05, 3.63) is 23.8 Å². The molecule has 0 spiro atoms. The van der Waals surface area contributed by atoms with E-state index in [-0.39, 0.29) is 75.2 Å². The summed E-state index contributed by atoms with van der Waals surface area (Å²) in [5.74, 6) is -3.15. The predicted molar refractivity (Wildman–Crippen MR) is 190 cm³/mol. The van der Waals surface area contributed by atoms with E-state index in [9.17, 15) is 49.2 Å². The number of aliphatic hydroxyl groups is 4. The summed E-state index contributed by atoms with van der Waals surface area (Å²) < 4.78 is 21.8. The number of aliphatic hydroxyl groups excluding tert-OH is 4. The Morgan fingerprint density at radius 3 is 2.22 bits per heavy atom. The molecule has 0 aliphatic carbocycles. The number of esters is 1. The summed E-state index contributed by atoms with van der Waals surface area (Å²) in [6, 6.07) is 1.15. The highest BCUT2D eigenvalue weighted by Crippen LogP contribution is 2.31. The van der Waals surface area contributed by atoms with E-state index in [2.05, 4.69) is 21.3 Å². The Morgan fingerprint density at radius 2 is 1.61 bits per heavy atom. The normalized spacial score (nSPS) is 20.8. The highest BCUT2D eigenvalue weighted by molar-refractivity contribution is 5.99. The quantitative estimate of drug-likeness (QED) is 0.0503. The molecule has 19 nitrogen and oxygen atoms in total. The fourth-order valence-corrected chi connectivity index (χ4v) is 5.11. The molecule has 1 heterocycles. The number of anilines is 1. The summed E-state index contributed by atoms with van der Waals surface area (Å²) >= 11 is 0. The lowest BCUT2D eigenvalue weighted by Crippen LogP contribution is -2.60. The van der Waals surface area contributed by atoms with Crippen molar-refractivity contribution in [1.29, 1.82) is 0 Å². The van der Waals surface area contributed by atoms with E-state index in [1.165, 1.54) is 25.1 Å². The number of amides is 5. The number of nitrogens with two attached hydrogens (primary N) is 1. The zero-order valence-electron chi connectivity index (χ0n) is 31.2. The molecular formula is C35H55N5O14. The van der Waals surface area contributed by atoms with Gasteiger partial charge in [0, 0.05) is 32.2 Å². The monoisotopic (exact) mass is 769 g/mol. The van der Waals surface area contributed by atoms with Gasteiger partial charge in [0.05, 0.1) is 25.5 Å². The number of rotatable bonds is 22. The fraction of sp³-hybridized carbons (Fsp3) is 0.657. The molecule has 7 atom stereocenters. The van der Waals surface area contributed by atoms with Crippen LogP contribution in [0.5, 0.6) is 5.75 Å². The number of nitrogens with one attached hydrogen (secondary N) is 4. The van der Waals surface area contributed by atoms with Crippen LogP contribution in [0.25, 0.3) is 0 Å². The number of hydrogen-bond acceptors (Lipinski definition) is 14. The summed E-state index contributed by atoms with van der Waals surface area (Å²) in [4.78, 5) is 74.5. The van der Waals surface area contributed by atoms with E-state index in [1.807, 2.05) is 0 Å². The minimum absolute atomic E-state index is 0.00696. The summed E-state index contributed by atoms with van der Waals surface area (Å²) in [6.45, 7) is 7.49. The largest absolute Gasteiger partial charge is 0.461 e. The summed E-state index contributed by atoms with van der Waals surface area (Å²) in [7, 11) is 0. The maximum atomic E-state index is 13.8. The van der Waals surface area contributed by atoms with Gasteiger partial charge >= 0.3 is 12.0 Å². The van der Waals surface area contributed by atoms with Crippen molar-refractivity contribution in [2.45, 2.75) is 110 Å².